The molecule has 5 nitrogen and oxygen atoms in total. The van der Waals surface area contributed by atoms with Gasteiger partial charge in [-0.2, -0.15) is 0 Å². The number of carbonyl (C=O) groups is 3. The first-order valence-electron chi connectivity index (χ1n) is 6.29. The van der Waals surface area contributed by atoms with E-state index in [1.165, 1.54) is 17.7 Å². The van der Waals surface area contributed by atoms with Gasteiger partial charge in [0.1, 0.15) is 0 Å². The van der Waals surface area contributed by atoms with Crippen LogP contribution >= 0.6 is 0 Å². The van der Waals surface area contributed by atoms with E-state index in [0.717, 1.165) is 12.8 Å². The largest absolute Gasteiger partial charge is 0.353 e. The zero-order valence-electron chi connectivity index (χ0n) is 9.91. The number of carbonyl (C=O) groups excluding carboxylic acids is 3. The number of nitrogens with one attached hydrogen (secondary N) is 1. The molecule has 2 rings (SSSR count). The summed E-state index contributed by atoms with van der Waals surface area (Å²) in [7, 11) is 0. The first-order valence-corrected chi connectivity index (χ1v) is 6.29. The Balaban J connectivity index is 1.72. The van der Waals surface area contributed by atoms with Crippen LogP contribution in [0.5, 0.6) is 0 Å². The first-order chi connectivity index (χ1) is 8.16. The Kier molecular flexibility index (Phi) is 3.76. The van der Waals surface area contributed by atoms with Gasteiger partial charge in [0.15, 0.2) is 0 Å². The van der Waals surface area contributed by atoms with Crippen molar-refractivity contribution < 1.29 is 14.4 Å². The Bertz CT molecular complexity index is 319. The van der Waals surface area contributed by atoms with Gasteiger partial charge in [0.25, 0.3) is 0 Å². The van der Waals surface area contributed by atoms with Crippen molar-refractivity contribution in [2.75, 3.05) is 6.54 Å². The third-order valence-corrected chi connectivity index (χ3v) is 3.44. The van der Waals surface area contributed by atoms with E-state index in [2.05, 4.69) is 5.32 Å². The van der Waals surface area contributed by atoms with Gasteiger partial charge in [-0.3, -0.25) is 19.3 Å². The van der Waals surface area contributed by atoms with Gasteiger partial charge in [0.2, 0.25) is 17.7 Å². The lowest BCUT2D eigenvalue weighted by atomic mass is 10.2. The highest BCUT2D eigenvalue weighted by molar-refractivity contribution is 6.02. The average Bonchev–Trinajstić information content (AvgIpc) is 2.88. The fraction of sp³-hybridized carbons (Fsp3) is 0.750. The van der Waals surface area contributed by atoms with Crippen LogP contribution in [0, 0.1) is 0 Å². The number of nitrogens with zero attached hydrogens (tertiary/aromatic N) is 1. The minimum absolute atomic E-state index is 0.0515. The molecule has 0 aromatic rings. The maximum Gasteiger partial charge on any atom is 0.229 e. The molecule has 2 fully saturated rings. The molecule has 17 heavy (non-hydrogen) atoms. The summed E-state index contributed by atoms with van der Waals surface area (Å²) < 4.78 is 0. The van der Waals surface area contributed by atoms with Crippen molar-refractivity contribution in [1.29, 1.82) is 0 Å². The predicted molar refractivity (Wildman–Crippen MR) is 61.0 cm³/mol. The van der Waals surface area contributed by atoms with Gasteiger partial charge in [-0.1, -0.05) is 12.8 Å². The highest BCUT2D eigenvalue weighted by Crippen LogP contribution is 2.18. The molecule has 1 saturated carbocycles. The summed E-state index contributed by atoms with van der Waals surface area (Å²) in [6.45, 7) is 0.232. The van der Waals surface area contributed by atoms with E-state index >= 15 is 0 Å². The standard InChI is InChI=1S/C12H18N2O3/c15-10(13-9-3-1-2-4-9)7-8-14-11(16)5-6-12(14)17/h9H,1-8H2,(H,13,15). The molecule has 1 aliphatic carbocycles. The van der Waals surface area contributed by atoms with Gasteiger partial charge < -0.3 is 5.32 Å². The van der Waals surface area contributed by atoms with Gasteiger partial charge >= 0.3 is 0 Å². The molecule has 0 spiro atoms. The molecule has 5 heteroatoms. The molecule has 94 valence electrons. The highest BCUT2D eigenvalue weighted by atomic mass is 16.2. The number of amides is 3. The van der Waals surface area contributed by atoms with Crippen molar-refractivity contribution in [3.05, 3.63) is 0 Å². The average molecular weight is 238 g/mol. The van der Waals surface area contributed by atoms with E-state index in [-0.39, 0.29) is 30.7 Å². The number of imide groups is 1. The number of likely N-dealkylation sites (tertiary alicyclic amines) is 1. The van der Waals surface area contributed by atoms with Crippen molar-refractivity contribution in [2.24, 2.45) is 0 Å². The molecule has 1 N–H and O–H groups in total. The van der Waals surface area contributed by atoms with Crippen molar-refractivity contribution in [3.8, 4) is 0 Å². The second-order valence-corrected chi connectivity index (χ2v) is 4.74. The summed E-state index contributed by atoms with van der Waals surface area (Å²) in [5, 5.41) is 2.94. The van der Waals surface area contributed by atoms with Crippen LogP contribution in [0.15, 0.2) is 0 Å². The van der Waals surface area contributed by atoms with Crippen molar-refractivity contribution in [3.63, 3.8) is 0 Å². The summed E-state index contributed by atoms with van der Waals surface area (Å²) in [6, 6.07) is 0.299. The van der Waals surface area contributed by atoms with E-state index in [0.29, 0.717) is 18.9 Å². The molecule has 0 bridgehead atoms. The Morgan fingerprint density at radius 2 is 1.76 bits per heavy atom. The van der Waals surface area contributed by atoms with Crippen molar-refractivity contribution in [1.82, 2.24) is 10.2 Å². The third-order valence-electron chi connectivity index (χ3n) is 3.44. The zero-order valence-corrected chi connectivity index (χ0v) is 9.91. The summed E-state index contributed by atoms with van der Waals surface area (Å²) in [5.41, 5.74) is 0. The molecule has 0 radical (unpaired) electrons. The van der Waals surface area contributed by atoms with E-state index in [9.17, 15) is 14.4 Å². The molecular formula is C12H18N2O3. The van der Waals surface area contributed by atoms with Crippen LogP contribution in [0.3, 0.4) is 0 Å². The second-order valence-electron chi connectivity index (χ2n) is 4.74. The fourth-order valence-electron chi connectivity index (χ4n) is 2.46. The predicted octanol–water partition coefficient (Wildman–Crippen LogP) is 0.584. The Hall–Kier alpha value is -1.39. The zero-order chi connectivity index (χ0) is 12.3. The van der Waals surface area contributed by atoms with Gasteiger partial charge in [0.05, 0.1) is 0 Å². The summed E-state index contributed by atoms with van der Waals surface area (Å²) in [4.78, 5) is 35.4. The topological polar surface area (TPSA) is 66.5 Å². The van der Waals surface area contributed by atoms with Gasteiger partial charge in [-0.15, -0.1) is 0 Å². The molecular weight excluding hydrogens is 220 g/mol. The number of hydrogen-bond donors (Lipinski definition) is 1. The van der Waals surface area contributed by atoms with Crippen LogP contribution in [0.1, 0.15) is 44.9 Å². The van der Waals surface area contributed by atoms with Crippen LogP contribution in [0.4, 0.5) is 0 Å². The van der Waals surface area contributed by atoms with Crippen molar-refractivity contribution >= 4 is 17.7 Å². The minimum Gasteiger partial charge on any atom is -0.353 e. The Morgan fingerprint density at radius 3 is 2.35 bits per heavy atom. The molecule has 1 saturated heterocycles. The van der Waals surface area contributed by atoms with E-state index in [4.69, 9.17) is 0 Å². The van der Waals surface area contributed by atoms with E-state index in [1.54, 1.807) is 0 Å². The normalized spacial score (nSPS) is 21.3. The lowest BCUT2D eigenvalue weighted by Gasteiger charge is -2.15. The third kappa shape index (κ3) is 3.05. The maximum atomic E-state index is 11.6. The Morgan fingerprint density at radius 1 is 1.18 bits per heavy atom. The fourth-order valence-corrected chi connectivity index (χ4v) is 2.46. The van der Waals surface area contributed by atoms with Crippen LogP contribution in [0.2, 0.25) is 0 Å². The molecule has 0 aromatic heterocycles. The summed E-state index contributed by atoms with van der Waals surface area (Å²) >= 11 is 0. The van der Waals surface area contributed by atoms with Crippen LogP contribution < -0.4 is 5.32 Å². The number of hydrogen-bond acceptors (Lipinski definition) is 3. The molecule has 0 unspecified atom stereocenters. The SMILES string of the molecule is O=C(CCN1C(=O)CCC1=O)NC1CCCC1. The monoisotopic (exact) mass is 238 g/mol. The minimum atomic E-state index is -0.149. The molecule has 0 atom stereocenters. The molecule has 1 heterocycles. The smallest absolute Gasteiger partial charge is 0.229 e. The summed E-state index contributed by atoms with van der Waals surface area (Å²) in [6.07, 6.45) is 5.27. The lowest BCUT2D eigenvalue weighted by Crippen LogP contribution is -2.37. The van der Waals surface area contributed by atoms with Crippen LogP contribution in [-0.4, -0.2) is 35.2 Å². The Labute approximate surface area is 101 Å². The molecule has 3 amide bonds. The number of rotatable bonds is 4. The van der Waals surface area contributed by atoms with Crippen molar-refractivity contribution in [2.45, 2.75) is 51.0 Å². The molecule has 0 aromatic carbocycles. The van der Waals surface area contributed by atoms with Crippen LogP contribution in [0.25, 0.3) is 0 Å². The van der Waals surface area contributed by atoms with Crippen LogP contribution in [-0.2, 0) is 14.4 Å². The van der Waals surface area contributed by atoms with Gasteiger partial charge in [-0.25, -0.2) is 0 Å². The molecule has 1 aliphatic heterocycles. The van der Waals surface area contributed by atoms with E-state index < -0.39 is 0 Å². The van der Waals surface area contributed by atoms with Gasteiger partial charge in [0, 0.05) is 31.8 Å². The quantitative estimate of drug-likeness (QED) is 0.729. The molecule has 2 aliphatic rings. The van der Waals surface area contributed by atoms with E-state index in [1.807, 2.05) is 0 Å². The second kappa shape index (κ2) is 5.29. The first kappa shape index (κ1) is 12.1. The summed E-state index contributed by atoms with van der Waals surface area (Å²) in [5.74, 6) is -0.350. The highest BCUT2D eigenvalue weighted by Gasteiger charge is 2.29. The lowest BCUT2D eigenvalue weighted by molar-refractivity contribution is -0.138. The maximum absolute atomic E-state index is 11.6. The van der Waals surface area contributed by atoms with Gasteiger partial charge in [-0.05, 0) is 12.8 Å².